The van der Waals surface area contributed by atoms with Crippen molar-refractivity contribution in [3.05, 3.63) is 12.2 Å². The van der Waals surface area contributed by atoms with Crippen LogP contribution in [0.4, 0.5) is 0 Å². The first kappa shape index (κ1) is 11.7. The normalized spacial score (nSPS) is 26.7. The van der Waals surface area contributed by atoms with Crippen molar-refractivity contribution in [3.63, 3.8) is 0 Å². The molecular formula is C12H23NO. The van der Waals surface area contributed by atoms with Crippen molar-refractivity contribution in [2.24, 2.45) is 5.92 Å². The Bertz CT molecular complexity index is 179. The summed E-state index contributed by atoms with van der Waals surface area (Å²) in [7, 11) is 0. The molecule has 2 nitrogen and oxygen atoms in total. The first-order valence-corrected chi connectivity index (χ1v) is 5.76. The van der Waals surface area contributed by atoms with Gasteiger partial charge < -0.3 is 10.1 Å². The number of rotatable bonds is 6. The summed E-state index contributed by atoms with van der Waals surface area (Å²) in [6, 6.07) is 0. The van der Waals surface area contributed by atoms with Gasteiger partial charge in [-0.2, -0.15) is 0 Å². The smallest absolute Gasteiger partial charge is 0.0613 e. The van der Waals surface area contributed by atoms with Gasteiger partial charge >= 0.3 is 0 Å². The molecule has 0 aromatic heterocycles. The molecule has 0 bridgehead atoms. The zero-order valence-electron chi connectivity index (χ0n) is 9.51. The van der Waals surface area contributed by atoms with E-state index in [0.717, 1.165) is 32.5 Å². The number of ether oxygens (including phenoxy) is 1. The van der Waals surface area contributed by atoms with Gasteiger partial charge in [0.25, 0.3) is 0 Å². The second-order valence-corrected chi connectivity index (χ2v) is 4.10. The third kappa shape index (κ3) is 3.43. The molecule has 0 radical (unpaired) electrons. The van der Waals surface area contributed by atoms with Crippen molar-refractivity contribution in [2.75, 3.05) is 19.7 Å². The molecule has 2 atom stereocenters. The van der Waals surface area contributed by atoms with Crippen LogP contribution in [0.15, 0.2) is 12.2 Å². The van der Waals surface area contributed by atoms with Crippen molar-refractivity contribution in [1.82, 2.24) is 5.32 Å². The Morgan fingerprint density at radius 1 is 1.50 bits per heavy atom. The number of hydrogen-bond acceptors (Lipinski definition) is 2. The van der Waals surface area contributed by atoms with Gasteiger partial charge in [-0.1, -0.05) is 26.0 Å². The molecular weight excluding hydrogens is 174 g/mol. The Morgan fingerprint density at radius 3 is 2.93 bits per heavy atom. The third-order valence-electron chi connectivity index (χ3n) is 3.03. The third-order valence-corrected chi connectivity index (χ3v) is 3.03. The van der Waals surface area contributed by atoms with Crippen LogP contribution in [0.25, 0.3) is 0 Å². The van der Waals surface area contributed by atoms with Gasteiger partial charge in [0.2, 0.25) is 0 Å². The molecule has 0 amide bonds. The molecule has 0 saturated carbocycles. The average molecular weight is 197 g/mol. The zero-order valence-corrected chi connectivity index (χ0v) is 9.51. The fourth-order valence-corrected chi connectivity index (χ4v) is 1.94. The molecule has 1 saturated heterocycles. The molecule has 1 rings (SSSR count). The van der Waals surface area contributed by atoms with E-state index in [2.05, 4.69) is 25.7 Å². The van der Waals surface area contributed by atoms with Crippen LogP contribution in [0, 0.1) is 5.92 Å². The number of nitrogens with one attached hydrogen (secondary N) is 1. The SMILES string of the molecule is C=C(CC)CNCC1CCOC1CC. The summed E-state index contributed by atoms with van der Waals surface area (Å²) in [5.74, 6) is 0.713. The largest absolute Gasteiger partial charge is 0.378 e. The molecule has 82 valence electrons. The van der Waals surface area contributed by atoms with E-state index in [9.17, 15) is 0 Å². The first-order valence-electron chi connectivity index (χ1n) is 5.76. The van der Waals surface area contributed by atoms with Crippen LogP contribution in [0.1, 0.15) is 33.1 Å². The molecule has 1 aliphatic heterocycles. The highest BCUT2D eigenvalue weighted by molar-refractivity contribution is 4.95. The fourth-order valence-electron chi connectivity index (χ4n) is 1.94. The molecule has 1 aliphatic rings. The molecule has 2 unspecified atom stereocenters. The maximum atomic E-state index is 5.64. The average Bonchev–Trinajstić information content (AvgIpc) is 2.65. The molecule has 2 heteroatoms. The predicted molar refractivity (Wildman–Crippen MR) is 60.4 cm³/mol. The monoisotopic (exact) mass is 197 g/mol. The maximum Gasteiger partial charge on any atom is 0.0613 e. The standard InChI is InChI=1S/C12H23NO/c1-4-10(3)8-13-9-11-6-7-14-12(11)5-2/h11-13H,3-9H2,1-2H3. The minimum atomic E-state index is 0.484. The topological polar surface area (TPSA) is 21.3 Å². The van der Waals surface area contributed by atoms with E-state index in [1.54, 1.807) is 0 Å². The molecule has 0 aromatic rings. The predicted octanol–water partition coefficient (Wildman–Crippen LogP) is 2.36. The van der Waals surface area contributed by atoms with Crippen LogP contribution in [0.5, 0.6) is 0 Å². The van der Waals surface area contributed by atoms with Gasteiger partial charge in [-0.25, -0.2) is 0 Å². The second kappa shape index (κ2) is 6.20. The van der Waals surface area contributed by atoms with E-state index in [1.807, 2.05) is 0 Å². The van der Waals surface area contributed by atoms with Crippen molar-refractivity contribution >= 4 is 0 Å². The Labute approximate surface area is 87.7 Å². The van der Waals surface area contributed by atoms with Gasteiger partial charge in [-0.05, 0) is 25.2 Å². The highest BCUT2D eigenvalue weighted by Crippen LogP contribution is 2.22. The Balaban J connectivity index is 2.14. The summed E-state index contributed by atoms with van der Waals surface area (Å²) in [5, 5.41) is 3.46. The lowest BCUT2D eigenvalue weighted by molar-refractivity contribution is 0.0875. The molecule has 1 fully saturated rings. The summed E-state index contributed by atoms with van der Waals surface area (Å²) in [6.07, 6.45) is 3.91. The summed E-state index contributed by atoms with van der Waals surface area (Å²) in [4.78, 5) is 0. The van der Waals surface area contributed by atoms with Crippen molar-refractivity contribution in [1.29, 1.82) is 0 Å². The lowest BCUT2D eigenvalue weighted by Crippen LogP contribution is -2.29. The van der Waals surface area contributed by atoms with Crippen LogP contribution >= 0.6 is 0 Å². The highest BCUT2D eigenvalue weighted by Gasteiger charge is 2.25. The quantitative estimate of drug-likeness (QED) is 0.660. The Morgan fingerprint density at radius 2 is 2.29 bits per heavy atom. The van der Waals surface area contributed by atoms with E-state index in [-0.39, 0.29) is 0 Å². The van der Waals surface area contributed by atoms with Crippen molar-refractivity contribution < 1.29 is 4.74 Å². The van der Waals surface area contributed by atoms with Crippen LogP contribution in [-0.4, -0.2) is 25.8 Å². The van der Waals surface area contributed by atoms with Crippen LogP contribution in [-0.2, 0) is 4.74 Å². The van der Waals surface area contributed by atoms with E-state index in [0.29, 0.717) is 12.0 Å². The minimum Gasteiger partial charge on any atom is -0.378 e. The van der Waals surface area contributed by atoms with E-state index >= 15 is 0 Å². The van der Waals surface area contributed by atoms with E-state index < -0.39 is 0 Å². The molecule has 0 aromatic carbocycles. The summed E-state index contributed by atoms with van der Waals surface area (Å²) < 4.78 is 5.64. The van der Waals surface area contributed by atoms with E-state index in [4.69, 9.17) is 4.74 Å². The summed E-state index contributed by atoms with van der Waals surface area (Å²) in [5.41, 5.74) is 1.29. The number of hydrogen-bond donors (Lipinski definition) is 1. The van der Waals surface area contributed by atoms with Gasteiger partial charge in [0.15, 0.2) is 0 Å². The molecule has 1 N–H and O–H groups in total. The van der Waals surface area contributed by atoms with Gasteiger partial charge in [0.05, 0.1) is 6.10 Å². The lowest BCUT2D eigenvalue weighted by atomic mass is 9.99. The summed E-state index contributed by atoms with van der Waals surface area (Å²) >= 11 is 0. The minimum absolute atomic E-state index is 0.484. The van der Waals surface area contributed by atoms with Crippen LogP contribution < -0.4 is 5.32 Å². The molecule has 1 heterocycles. The van der Waals surface area contributed by atoms with Gasteiger partial charge in [0, 0.05) is 19.7 Å². The highest BCUT2D eigenvalue weighted by atomic mass is 16.5. The zero-order chi connectivity index (χ0) is 10.4. The Kier molecular flexibility index (Phi) is 5.20. The van der Waals surface area contributed by atoms with Gasteiger partial charge in [0.1, 0.15) is 0 Å². The van der Waals surface area contributed by atoms with Gasteiger partial charge in [-0.15, -0.1) is 0 Å². The fraction of sp³-hybridized carbons (Fsp3) is 0.833. The second-order valence-electron chi connectivity index (χ2n) is 4.10. The maximum absolute atomic E-state index is 5.64. The Hall–Kier alpha value is -0.340. The molecule has 0 aliphatic carbocycles. The summed E-state index contributed by atoms with van der Waals surface area (Å²) in [6.45, 7) is 11.3. The molecule has 14 heavy (non-hydrogen) atoms. The van der Waals surface area contributed by atoms with Crippen molar-refractivity contribution in [2.45, 2.75) is 39.2 Å². The van der Waals surface area contributed by atoms with Gasteiger partial charge in [-0.3, -0.25) is 0 Å². The first-order chi connectivity index (χ1) is 6.77. The lowest BCUT2D eigenvalue weighted by Gasteiger charge is -2.17. The van der Waals surface area contributed by atoms with Crippen molar-refractivity contribution in [3.8, 4) is 0 Å². The van der Waals surface area contributed by atoms with E-state index in [1.165, 1.54) is 12.0 Å². The van der Waals surface area contributed by atoms with Crippen LogP contribution in [0.2, 0.25) is 0 Å². The molecule has 0 spiro atoms. The van der Waals surface area contributed by atoms with Crippen LogP contribution in [0.3, 0.4) is 0 Å².